The van der Waals surface area contributed by atoms with Crippen LogP contribution in [0, 0.1) is 0 Å². The molecule has 0 radical (unpaired) electrons. The number of rotatable bonds is 8. The van der Waals surface area contributed by atoms with Gasteiger partial charge in [0.15, 0.2) is 17.7 Å². The van der Waals surface area contributed by atoms with Gasteiger partial charge in [-0.2, -0.15) is 0 Å². The van der Waals surface area contributed by atoms with Crippen molar-refractivity contribution < 1.29 is 43.5 Å². The first-order chi connectivity index (χ1) is 12.7. The summed E-state index contributed by atoms with van der Waals surface area (Å²) >= 11 is 0. The van der Waals surface area contributed by atoms with Crippen molar-refractivity contribution in [3.05, 3.63) is 11.8 Å². The monoisotopic (exact) mass is 389 g/mol. The van der Waals surface area contributed by atoms with Crippen molar-refractivity contribution in [1.82, 2.24) is 5.32 Å². The van der Waals surface area contributed by atoms with E-state index >= 15 is 0 Å². The third kappa shape index (κ3) is 4.96. The number of ether oxygens (including phenoxy) is 5. The zero-order chi connectivity index (χ0) is 20.2. The number of esters is 2. The summed E-state index contributed by atoms with van der Waals surface area (Å²) in [5, 5.41) is 22.9. The van der Waals surface area contributed by atoms with Crippen molar-refractivity contribution in [3.63, 3.8) is 0 Å². The van der Waals surface area contributed by atoms with Crippen molar-refractivity contribution in [3.8, 4) is 0 Å². The van der Waals surface area contributed by atoms with Crippen LogP contribution in [0.1, 0.15) is 27.7 Å². The highest BCUT2D eigenvalue weighted by Crippen LogP contribution is 2.38. The van der Waals surface area contributed by atoms with Crippen molar-refractivity contribution in [1.29, 1.82) is 0 Å². The summed E-state index contributed by atoms with van der Waals surface area (Å²) in [7, 11) is 0. The molecule has 0 unspecified atom stereocenters. The van der Waals surface area contributed by atoms with Crippen molar-refractivity contribution in [2.75, 3.05) is 19.8 Å². The Labute approximate surface area is 157 Å². The second-order valence-corrected chi connectivity index (χ2v) is 6.51. The van der Waals surface area contributed by atoms with Gasteiger partial charge >= 0.3 is 11.9 Å². The normalized spacial score (nSPS) is 29.6. The van der Waals surface area contributed by atoms with Gasteiger partial charge in [0.2, 0.25) is 0 Å². The second-order valence-electron chi connectivity index (χ2n) is 6.51. The highest BCUT2D eigenvalue weighted by Gasteiger charge is 2.55. The van der Waals surface area contributed by atoms with Crippen LogP contribution in [0.3, 0.4) is 0 Å². The molecule has 2 aliphatic rings. The van der Waals surface area contributed by atoms with E-state index in [0.29, 0.717) is 0 Å². The summed E-state index contributed by atoms with van der Waals surface area (Å²) in [6.07, 6.45) is -2.37. The fraction of sp³-hybridized carbons (Fsp3) is 0.765. The van der Waals surface area contributed by atoms with E-state index in [4.69, 9.17) is 23.7 Å². The molecule has 5 atom stereocenters. The molecule has 10 nitrogen and oxygen atoms in total. The van der Waals surface area contributed by atoms with Gasteiger partial charge in [-0.25, -0.2) is 9.59 Å². The molecule has 0 saturated carbocycles. The van der Waals surface area contributed by atoms with E-state index in [1.165, 1.54) is 0 Å². The number of hydrogen-bond acceptors (Lipinski definition) is 10. The molecular formula is C17H27NO9. The summed E-state index contributed by atoms with van der Waals surface area (Å²) < 4.78 is 26.5. The maximum absolute atomic E-state index is 12.0. The van der Waals surface area contributed by atoms with Gasteiger partial charge in [0.1, 0.15) is 18.3 Å². The summed E-state index contributed by atoms with van der Waals surface area (Å²) in [4.78, 5) is 23.9. The first kappa shape index (κ1) is 21.6. The van der Waals surface area contributed by atoms with Crippen molar-refractivity contribution >= 4 is 11.9 Å². The minimum Gasteiger partial charge on any atom is -0.462 e. The van der Waals surface area contributed by atoms with Gasteiger partial charge < -0.3 is 39.2 Å². The van der Waals surface area contributed by atoms with Crippen LogP contribution in [0.2, 0.25) is 0 Å². The molecule has 0 aromatic carbocycles. The molecule has 0 spiro atoms. The molecule has 27 heavy (non-hydrogen) atoms. The lowest BCUT2D eigenvalue weighted by molar-refractivity contribution is -0.218. The van der Waals surface area contributed by atoms with E-state index in [-0.39, 0.29) is 18.8 Å². The number of nitrogens with one attached hydrogen (secondary N) is 1. The maximum Gasteiger partial charge on any atom is 0.347 e. The Morgan fingerprint density at radius 1 is 1.19 bits per heavy atom. The van der Waals surface area contributed by atoms with Crippen molar-refractivity contribution in [2.24, 2.45) is 0 Å². The molecule has 0 bridgehead atoms. The summed E-state index contributed by atoms with van der Waals surface area (Å²) in [5.74, 6) is -2.61. The summed E-state index contributed by atoms with van der Waals surface area (Å²) in [5.41, 5.74) is -0.363. The third-order valence-electron chi connectivity index (χ3n) is 4.08. The van der Waals surface area contributed by atoms with Gasteiger partial charge in [0, 0.05) is 6.20 Å². The van der Waals surface area contributed by atoms with Crippen LogP contribution >= 0.6 is 0 Å². The fourth-order valence-electron chi connectivity index (χ4n) is 2.91. The Kier molecular flexibility index (Phi) is 7.18. The number of aliphatic hydroxyl groups is 2. The zero-order valence-electron chi connectivity index (χ0n) is 15.8. The van der Waals surface area contributed by atoms with Crippen LogP contribution < -0.4 is 5.32 Å². The second kappa shape index (κ2) is 8.98. The molecular weight excluding hydrogens is 362 g/mol. The molecule has 0 aromatic heterocycles. The third-order valence-corrected chi connectivity index (χ3v) is 4.08. The van der Waals surface area contributed by atoms with Crippen LogP contribution in [0.4, 0.5) is 0 Å². The number of fused-ring (bicyclic) bond motifs is 1. The molecule has 154 valence electrons. The lowest BCUT2D eigenvalue weighted by Gasteiger charge is -2.28. The SMILES string of the molecule is CCOC(=O)C(=CN[C@H](CO)[C@H]1O[C@@H]2OC(C)(C)O[C@@H]2[C@H]1O)C(=O)OCC. The average Bonchev–Trinajstić information content (AvgIpc) is 3.05. The van der Waals surface area contributed by atoms with Gasteiger partial charge in [-0.1, -0.05) is 0 Å². The number of carbonyl (C=O) groups excluding carboxylic acids is 2. The predicted molar refractivity (Wildman–Crippen MR) is 90.1 cm³/mol. The van der Waals surface area contributed by atoms with Crippen LogP contribution in [0.5, 0.6) is 0 Å². The minimum atomic E-state index is -1.08. The summed E-state index contributed by atoms with van der Waals surface area (Å²) in [6, 6.07) is -0.834. The Hall–Kier alpha value is -1.72. The minimum absolute atomic E-state index is 0.0806. The molecule has 2 heterocycles. The molecule has 0 amide bonds. The van der Waals surface area contributed by atoms with E-state index in [9.17, 15) is 19.8 Å². The van der Waals surface area contributed by atoms with Gasteiger partial charge in [0.25, 0.3) is 0 Å². The average molecular weight is 389 g/mol. The Bertz CT molecular complexity index is 557. The molecule has 2 saturated heterocycles. The Balaban J connectivity index is 2.09. The van der Waals surface area contributed by atoms with E-state index in [1.54, 1.807) is 27.7 Å². The first-order valence-electron chi connectivity index (χ1n) is 8.84. The van der Waals surface area contributed by atoms with E-state index in [0.717, 1.165) is 6.20 Å². The van der Waals surface area contributed by atoms with Crippen LogP contribution in [0.25, 0.3) is 0 Å². The molecule has 10 heteroatoms. The number of aliphatic hydroxyl groups excluding tert-OH is 2. The standard InChI is InChI=1S/C17H27NO9/c1-5-23-14(21)9(15(22)24-6-2)7-18-10(8-19)12-11(20)13-16(25-12)27-17(3,4)26-13/h7,10-13,16,18-20H,5-6,8H2,1-4H3/t10-,11+,12-,13-,16-/m1/s1. The van der Waals surface area contributed by atoms with Gasteiger partial charge in [0.05, 0.1) is 25.9 Å². The largest absolute Gasteiger partial charge is 0.462 e. The predicted octanol–water partition coefficient (Wildman–Crippen LogP) is -0.816. The van der Waals surface area contributed by atoms with Crippen molar-refractivity contribution in [2.45, 2.75) is 64.1 Å². The molecule has 2 fully saturated rings. The summed E-state index contributed by atoms with van der Waals surface area (Å²) in [6.45, 7) is 6.33. The Morgan fingerprint density at radius 2 is 1.78 bits per heavy atom. The Morgan fingerprint density at radius 3 is 2.26 bits per heavy atom. The quantitative estimate of drug-likeness (QED) is 0.209. The maximum atomic E-state index is 12.0. The molecule has 0 aromatic rings. The first-order valence-corrected chi connectivity index (χ1v) is 8.84. The van der Waals surface area contributed by atoms with Gasteiger partial charge in [-0.05, 0) is 27.7 Å². The fourth-order valence-corrected chi connectivity index (χ4v) is 2.91. The van der Waals surface area contributed by atoms with Crippen LogP contribution in [-0.4, -0.2) is 78.4 Å². The highest BCUT2D eigenvalue weighted by atomic mass is 16.8. The van der Waals surface area contributed by atoms with Crippen LogP contribution in [0.15, 0.2) is 11.8 Å². The smallest absolute Gasteiger partial charge is 0.347 e. The number of hydrogen-bond donors (Lipinski definition) is 3. The van der Waals surface area contributed by atoms with Gasteiger partial charge in [-0.3, -0.25) is 0 Å². The lowest BCUT2D eigenvalue weighted by atomic mass is 10.0. The van der Waals surface area contributed by atoms with Gasteiger partial charge in [-0.15, -0.1) is 0 Å². The van der Waals surface area contributed by atoms with Crippen LogP contribution in [-0.2, 0) is 33.3 Å². The van der Waals surface area contributed by atoms with E-state index < -0.39 is 55.0 Å². The highest BCUT2D eigenvalue weighted by molar-refractivity contribution is 6.13. The zero-order valence-corrected chi connectivity index (χ0v) is 15.8. The molecule has 2 rings (SSSR count). The topological polar surface area (TPSA) is 133 Å². The molecule has 3 N–H and O–H groups in total. The molecule has 2 aliphatic heterocycles. The van der Waals surface area contributed by atoms with E-state index in [1.807, 2.05) is 0 Å². The molecule has 0 aliphatic carbocycles. The van der Waals surface area contributed by atoms with E-state index in [2.05, 4.69) is 5.32 Å². The number of carbonyl (C=O) groups is 2. The lowest BCUT2D eigenvalue weighted by Crippen LogP contribution is -2.48.